The maximum absolute atomic E-state index is 6.53. The molecule has 0 spiro atoms. The number of rotatable bonds is 4. The van der Waals surface area contributed by atoms with Gasteiger partial charge in [-0.2, -0.15) is 0 Å². The van der Waals surface area contributed by atoms with Crippen LogP contribution in [0.3, 0.4) is 0 Å². The molecule has 0 N–H and O–H groups in total. The highest BCUT2D eigenvalue weighted by molar-refractivity contribution is 6.13. The van der Waals surface area contributed by atoms with Gasteiger partial charge in [0.2, 0.25) is 0 Å². The van der Waals surface area contributed by atoms with E-state index in [0.717, 1.165) is 72.3 Å². The first-order valence-corrected chi connectivity index (χ1v) is 17.7. The summed E-state index contributed by atoms with van der Waals surface area (Å²) in [6.45, 7) is 2.17. The molecule has 0 aliphatic carbocycles. The number of aryl methyl sites for hydroxylation is 1. The smallest absolute Gasteiger partial charge is 0.161 e. The lowest BCUT2D eigenvalue weighted by Crippen LogP contribution is -2.00. The van der Waals surface area contributed by atoms with Crippen LogP contribution in [0, 0.1) is 6.92 Å². The summed E-state index contributed by atoms with van der Waals surface area (Å²) in [5, 5.41) is 7.12. The highest BCUT2D eigenvalue weighted by Gasteiger charge is 2.22. The summed E-state index contributed by atoms with van der Waals surface area (Å²) in [6, 6.07) is 58.6. The van der Waals surface area contributed by atoms with E-state index in [4.69, 9.17) is 9.40 Å². The van der Waals surface area contributed by atoms with E-state index in [1.165, 1.54) is 32.6 Å². The van der Waals surface area contributed by atoms with Crippen LogP contribution in [0.25, 0.3) is 99.3 Å². The van der Waals surface area contributed by atoms with Gasteiger partial charge in [-0.1, -0.05) is 109 Å². The van der Waals surface area contributed by atoms with Gasteiger partial charge in [0.25, 0.3) is 0 Å². The second-order valence-corrected chi connectivity index (χ2v) is 13.6. The molecule has 11 aromatic rings. The number of nitrogens with zero attached hydrogens (tertiary/aromatic N) is 3. The highest BCUT2D eigenvalue weighted by atomic mass is 16.3. The van der Waals surface area contributed by atoms with Crippen molar-refractivity contribution in [3.05, 3.63) is 176 Å². The van der Waals surface area contributed by atoms with Crippen LogP contribution in [0.15, 0.2) is 174 Å². The lowest BCUT2D eigenvalue weighted by atomic mass is 9.92. The molecule has 0 unspecified atom stereocenters. The predicted molar refractivity (Wildman–Crippen MR) is 216 cm³/mol. The number of pyridine rings is 1. The molecule has 0 saturated heterocycles. The largest absolute Gasteiger partial charge is 0.454 e. The molecule has 4 aromatic heterocycles. The average Bonchev–Trinajstić information content (AvgIpc) is 3.86. The summed E-state index contributed by atoms with van der Waals surface area (Å²) in [5.74, 6) is 0. The first-order chi connectivity index (χ1) is 25.7. The maximum atomic E-state index is 6.53. The van der Waals surface area contributed by atoms with Crippen molar-refractivity contribution in [2.45, 2.75) is 6.92 Å². The number of para-hydroxylation sites is 5. The molecule has 4 nitrogen and oxygen atoms in total. The third-order valence-corrected chi connectivity index (χ3v) is 10.7. The summed E-state index contributed by atoms with van der Waals surface area (Å²) in [7, 11) is 0. The van der Waals surface area contributed by atoms with Crippen LogP contribution in [0.1, 0.15) is 5.56 Å². The SMILES string of the molecule is Cc1cccc(-c2ccccc2-n2c3ccccc3c3cc(-n4c5ccccc5c5ccccc54)ccc32)c1-c1nccc2c1oc1ccccc12. The quantitative estimate of drug-likeness (QED) is 0.188. The summed E-state index contributed by atoms with van der Waals surface area (Å²) < 4.78 is 11.4. The van der Waals surface area contributed by atoms with Gasteiger partial charge in [0.05, 0.1) is 27.8 Å². The van der Waals surface area contributed by atoms with E-state index in [9.17, 15) is 0 Å². The third-order valence-electron chi connectivity index (χ3n) is 10.7. The first kappa shape index (κ1) is 28.9. The van der Waals surface area contributed by atoms with Crippen molar-refractivity contribution < 1.29 is 4.42 Å². The molecule has 0 aliphatic heterocycles. The van der Waals surface area contributed by atoms with Crippen molar-refractivity contribution in [1.82, 2.24) is 14.1 Å². The molecular weight excluding hydrogens is 635 g/mol. The Kier molecular flexibility index (Phi) is 6.13. The minimum absolute atomic E-state index is 0.811. The monoisotopic (exact) mass is 665 g/mol. The molecule has 0 aliphatic rings. The molecule has 0 bridgehead atoms. The average molecular weight is 666 g/mol. The molecule has 0 radical (unpaired) electrons. The normalized spacial score (nSPS) is 11.9. The number of hydrogen-bond donors (Lipinski definition) is 0. The Morgan fingerprint density at radius 3 is 1.83 bits per heavy atom. The van der Waals surface area contributed by atoms with Crippen LogP contribution in [0.2, 0.25) is 0 Å². The second-order valence-electron chi connectivity index (χ2n) is 13.6. The Balaban J connectivity index is 1.16. The minimum Gasteiger partial charge on any atom is -0.454 e. The van der Waals surface area contributed by atoms with Crippen molar-refractivity contribution in [1.29, 1.82) is 0 Å². The molecule has 11 rings (SSSR count). The van der Waals surface area contributed by atoms with Crippen molar-refractivity contribution in [3.8, 4) is 33.8 Å². The predicted octanol–water partition coefficient (Wildman–Crippen LogP) is 12.8. The Morgan fingerprint density at radius 2 is 1.06 bits per heavy atom. The van der Waals surface area contributed by atoms with E-state index in [1.807, 2.05) is 18.3 Å². The number of benzene rings is 7. The molecule has 0 amide bonds. The number of fused-ring (bicyclic) bond motifs is 9. The fourth-order valence-corrected chi connectivity index (χ4v) is 8.49. The van der Waals surface area contributed by atoms with Gasteiger partial charge in [0, 0.05) is 55.3 Å². The van der Waals surface area contributed by atoms with Crippen LogP contribution in [0.4, 0.5) is 0 Å². The Bertz CT molecular complexity index is 3160. The molecule has 52 heavy (non-hydrogen) atoms. The molecule has 0 fully saturated rings. The topological polar surface area (TPSA) is 35.9 Å². The zero-order valence-electron chi connectivity index (χ0n) is 28.4. The van der Waals surface area contributed by atoms with Gasteiger partial charge in [0.1, 0.15) is 11.3 Å². The zero-order chi connectivity index (χ0) is 34.3. The van der Waals surface area contributed by atoms with Crippen molar-refractivity contribution in [2.75, 3.05) is 0 Å². The molecule has 4 heterocycles. The van der Waals surface area contributed by atoms with Gasteiger partial charge < -0.3 is 13.6 Å². The second kappa shape index (κ2) is 11.0. The van der Waals surface area contributed by atoms with E-state index >= 15 is 0 Å². The number of aromatic nitrogens is 3. The van der Waals surface area contributed by atoms with Gasteiger partial charge in [0.15, 0.2) is 5.58 Å². The van der Waals surface area contributed by atoms with Crippen molar-refractivity contribution >= 4 is 65.6 Å². The van der Waals surface area contributed by atoms with Crippen LogP contribution in [-0.2, 0) is 0 Å². The summed E-state index contributed by atoms with van der Waals surface area (Å²) >= 11 is 0. The molecule has 7 aromatic carbocycles. The molecular formula is C48H31N3O. The van der Waals surface area contributed by atoms with Gasteiger partial charge in [-0.3, -0.25) is 4.98 Å². The maximum Gasteiger partial charge on any atom is 0.161 e. The number of hydrogen-bond acceptors (Lipinski definition) is 2. The van der Waals surface area contributed by atoms with Crippen molar-refractivity contribution in [3.63, 3.8) is 0 Å². The van der Waals surface area contributed by atoms with E-state index in [1.54, 1.807) is 0 Å². The zero-order valence-corrected chi connectivity index (χ0v) is 28.4. The van der Waals surface area contributed by atoms with Crippen molar-refractivity contribution in [2.24, 2.45) is 0 Å². The summed E-state index contributed by atoms with van der Waals surface area (Å²) in [4.78, 5) is 4.99. The molecule has 0 atom stereocenters. The Morgan fingerprint density at radius 1 is 0.462 bits per heavy atom. The lowest BCUT2D eigenvalue weighted by molar-refractivity contribution is 0.668. The first-order valence-electron chi connectivity index (χ1n) is 17.7. The van der Waals surface area contributed by atoms with E-state index < -0.39 is 0 Å². The molecule has 244 valence electrons. The summed E-state index contributed by atoms with van der Waals surface area (Å²) in [6.07, 6.45) is 1.91. The Hall–Kier alpha value is -6.91. The fourth-order valence-electron chi connectivity index (χ4n) is 8.49. The molecule has 4 heteroatoms. The number of furan rings is 1. The fraction of sp³-hybridized carbons (Fsp3) is 0.0208. The van der Waals surface area contributed by atoms with Crippen LogP contribution < -0.4 is 0 Å². The van der Waals surface area contributed by atoms with E-state index in [0.29, 0.717) is 0 Å². The van der Waals surface area contributed by atoms with E-state index in [2.05, 4.69) is 168 Å². The van der Waals surface area contributed by atoms with Gasteiger partial charge in [-0.25, -0.2) is 0 Å². The van der Waals surface area contributed by atoms with Gasteiger partial charge >= 0.3 is 0 Å². The summed E-state index contributed by atoms with van der Waals surface area (Å²) in [5.41, 5.74) is 14.0. The van der Waals surface area contributed by atoms with E-state index in [-0.39, 0.29) is 0 Å². The minimum atomic E-state index is 0.811. The van der Waals surface area contributed by atoms with Crippen LogP contribution in [-0.4, -0.2) is 14.1 Å². The highest BCUT2D eigenvalue weighted by Crippen LogP contribution is 2.44. The molecule has 0 saturated carbocycles. The van der Waals surface area contributed by atoms with Crippen LogP contribution in [0.5, 0.6) is 0 Å². The van der Waals surface area contributed by atoms with Gasteiger partial charge in [-0.15, -0.1) is 0 Å². The Labute approximate surface area is 299 Å². The third kappa shape index (κ3) is 4.06. The van der Waals surface area contributed by atoms with Gasteiger partial charge in [-0.05, 0) is 72.6 Å². The van der Waals surface area contributed by atoms with Crippen LogP contribution >= 0.6 is 0 Å². The lowest BCUT2D eigenvalue weighted by Gasteiger charge is -2.18. The standard InChI is InChI=1S/C48H31N3O/c1-30-13-12-19-37(46(30)47-48-38(27-28-49-47)36-18-6-11-24-45(36)52-48)34-16-4-9-22-42(34)51-43-23-10-5-17-35(43)39-29-31(25-26-44(39)51)50-40-20-7-2-14-32(40)33-15-3-8-21-41(33)50/h2-29H,1H3.